The number of methoxy groups -OCH3 is 1. The molecule has 2 aromatic rings. The van der Waals surface area contributed by atoms with Crippen LogP contribution in [0.15, 0.2) is 48.7 Å². The van der Waals surface area contributed by atoms with Gasteiger partial charge in [-0.1, -0.05) is 24.8 Å². The Morgan fingerprint density at radius 2 is 1.88 bits per heavy atom. The maximum absolute atomic E-state index is 12.5. The Morgan fingerprint density at radius 3 is 2.64 bits per heavy atom. The lowest BCUT2D eigenvalue weighted by Crippen LogP contribution is -2.09. The summed E-state index contributed by atoms with van der Waals surface area (Å²) in [5, 5.41) is 3.22. The number of carbonyl (C=O) groups excluding carboxylic acids is 2. The van der Waals surface area contributed by atoms with E-state index in [2.05, 4.69) is 18.0 Å². The predicted molar refractivity (Wildman–Crippen MR) is 97.8 cm³/mol. The first-order chi connectivity index (χ1) is 11.9. The molecule has 0 saturated heterocycles. The fourth-order valence-corrected chi connectivity index (χ4v) is 3.21. The zero-order valence-electron chi connectivity index (χ0n) is 14.5. The molecule has 0 aliphatic carbocycles. The number of hydrogen-bond acceptors (Lipinski definition) is 4. The minimum Gasteiger partial charge on any atom is -0.465 e. The van der Waals surface area contributed by atoms with Crippen LogP contribution in [0.5, 0.6) is 0 Å². The van der Waals surface area contributed by atoms with Gasteiger partial charge in [-0.25, -0.2) is 4.79 Å². The first-order valence-electron chi connectivity index (χ1n) is 8.22. The summed E-state index contributed by atoms with van der Waals surface area (Å²) < 4.78 is 4.76. The van der Waals surface area contributed by atoms with E-state index in [1.54, 1.807) is 12.1 Å². The van der Waals surface area contributed by atoms with E-state index in [0.29, 0.717) is 18.4 Å². The lowest BCUT2D eigenvalue weighted by atomic mass is 9.98. The highest BCUT2D eigenvalue weighted by atomic mass is 16.5. The zero-order chi connectivity index (χ0) is 18.0. The Hall–Kier alpha value is -2.88. The van der Waals surface area contributed by atoms with E-state index in [0.717, 1.165) is 34.5 Å². The lowest BCUT2D eigenvalue weighted by molar-refractivity contribution is -0.117. The fraction of sp³-hybridized carbons (Fsp3) is 0.238. The van der Waals surface area contributed by atoms with Crippen LogP contribution >= 0.6 is 0 Å². The summed E-state index contributed by atoms with van der Waals surface area (Å²) in [4.78, 5) is 24.2. The minimum absolute atomic E-state index is 0.117. The Bertz CT molecular complexity index is 867. The second-order valence-electron chi connectivity index (χ2n) is 6.49. The number of rotatable bonds is 5. The number of aryl methyl sites for hydroxylation is 1. The number of benzene rings is 2. The zero-order valence-corrected chi connectivity index (χ0v) is 14.5. The molecule has 0 spiro atoms. The summed E-state index contributed by atoms with van der Waals surface area (Å²) in [6, 6.07) is 11.5. The van der Waals surface area contributed by atoms with Crippen LogP contribution < -0.4 is 5.32 Å². The van der Waals surface area contributed by atoms with Crippen LogP contribution in [0.1, 0.15) is 32.6 Å². The first kappa shape index (κ1) is 17.0. The van der Waals surface area contributed by atoms with Crippen molar-refractivity contribution in [1.82, 2.24) is 0 Å². The van der Waals surface area contributed by atoms with Gasteiger partial charge in [0.15, 0.2) is 0 Å². The molecular weight excluding hydrogens is 314 g/mol. The molecule has 2 aromatic carbocycles. The second kappa shape index (κ2) is 6.93. The Balaban J connectivity index is 1.71. The van der Waals surface area contributed by atoms with E-state index in [4.69, 9.17) is 4.74 Å². The molecule has 1 aliphatic heterocycles. The van der Waals surface area contributed by atoms with Crippen molar-refractivity contribution < 1.29 is 14.3 Å². The van der Waals surface area contributed by atoms with Crippen molar-refractivity contribution in [2.24, 2.45) is 0 Å². The average molecular weight is 335 g/mol. The lowest BCUT2D eigenvalue weighted by Gasteiger charge is -2.07. The number of carbonyl (C=O) groups is 2. The predicted octanol–water partition coefficient (Wildman–Crippen LogP) is 3.62. The van der Waals surface area contributed by atoms with E-state index < -0.39 is 0 Å². The molecule has 1 N–H and O–H groups in total. The number of Topliss-reactive ketones (excluding diaryl/α,β-unsaturated/α-hetero) is 1. The number of ether oxygens (including phenoxy) is 1. The quantitative estimate of drug-likeness (QED) is 0.848. The molecule has 0 amide bonds. The van der Waals surface area contributed by atoms with Gasteiger partial charge in [-0.3, -0.25) is 4.79 Å². The van der Waals surface area contributed by atoms with Crippen molar-refractivity contribution in [2.75, 3.05) is 12.4 Å². The normalized spacial score (nSPS) is 12.5. The van der Waals surface area contributed by atoms with Crippen LogP contribution in [0.4, 0.5) is 5.69 Å². The van der Waals surface area contributed by atoms with E-state index in [1.165, 1.54) is 12.7 Å². The molecule has 0 fully saturated rings. The number of hydrogen-bond donors (Lipinski definition) is 1. The van der Waals surface area contributed by atoms with Gasteiger partial charge in [0.2, 0.25) is 0 Å². The highest BCUT2D eigenvalue weighted by Crippen LogP contribution is 2.28. The van der Waals surface area contributed by atoms with Crippen molar-refractivity contribution in [3.05, 3.63) is 76.5 Å². The van der Waals surface area contributed by atoms with Crippen LogP contribution in [0, 0.1) is 6.92 Å². The van der Waals surface area contributed by atoms with E-state index in [-0.39, 0.29) is 11.8 Å². The van der Waals surface area contributed by atoms with Crippen molar-refractivity contribution >= 4 is 17.4 Å². The average Bonchev–Trinajstić information content (AvgIpc) is 2.92. The van der Waals surface area contributed by atoms with Gasteiger partial charge in [-0.15, -0.1) is 0 Å². The van der Waals surface area contributed by atoms with Gasteiger partial charge in [0.1, 0.15) is 5.78 Å². The Kier molecular flexibility index (Phi) is 4.70. The van der Waals surface area contributed by atoms with Crippen molar-refractivity contribution in [3.8, 4) is 0 Å². The van der Waals surface area contributed by atoms with Crippen LogP contribution in [0.2, 0.25) is 0 Å². The van der Waals surface area contributed by atoms with Crippen LogP contribution in [0.25, 0.3) is 0 Å². The van der Waals surface area contributed by atoms with Crippen molar-refractivity contribution in [2.45, 2.75) is 26.2 Å². The molecule has 0 unspecified atom stereocenters. The van der Waals surface area contributed by atoms with E-state index in [1.807, 2.05) is 25.1 Å². The third-order valence-corrected chi connectivity index (χ3v) is 4.25. The van der Waals surface area contributed by atoms with Crippen LogP contribution in [-0.4, -0.2) is 18.9 Å². The summed E-state index contributed by atoms with van der Waals surface area (Å²) >= 11 is 0. The van der Waals surface area contributed by atoms with Gasteiger partial charge in [0.05, 0.1) is 12.7 Å². The van der Waals surface area contributed by atoms with Gasteiger partial charge in [0.25, 0.3) is 0 Å². The molecule has 4 heteroatoms. The molecule has 0 aromatic heterocycles. The van der Waals surface area contributed by atoms with Gasteiger partial charge in [-0.05, 0) is 47.4 Å². The maximum atomic E-state index is 12.5. The maximum Gasteiger partial charge on any atom is 0.337 e. The van der Waals surface area contributed by atoms with E-state index in [9.17, 15) is 9.59 Å². The van der Waals surface area contributed by atoms with Crippen molar-refractivity contribution in [1.29, 1.82) is 0 Å². The Morgan fingerprint density at radius 1 is 1.12 bits per heavy atom. The fourth-order valence-electron chi connectivity index (χ4n) is 3.21. The highest BCUT2D eigenvalue weighted by Gasteiger charge is 2.15. The third-order valence-electron chi connectivity index (χ3n) is 4.25. The molecule has 4 nitrogen and oxygen atoms in total. The van der Waals surface area contributed by atoms with Crippen LogP contribution in [-0.2, 0) is 28.8 Å². The molecule has 0 atom stereocenters. The molecule has 3 rings (SSSR count). The summed E-state index contributed by atoms with van der Waals surface area (Å²) in [6.07, 6.45) is 1.48. The monoisotopic (exact) mass is 335 g/mol. The van der Waals surface area contributed by atoms with Crippen LogP contribution in [0.3, 0.4) is 0 Å². The highest BCUT2D eigenvalue weighted by molar-refractivity contribution is 5.90. The topological polar surface area (TPSA) is 55.4 Å². The standard InChI is InChI=1S/C21H21NO3/c1-13-6-16(10-18(7-13)21(24)25-3)12-19(23)11-15-4-5-20-17(9-15)8-14(2)22-20/h4-7,9-10,22H,2,8,11-12H2,1,3H3. The summed E-state index contributed by atoms with van der Waals surface area (Å²) in [6.45, 7) is 5.84. The molecule has 0 saturated carbocycles. The van der Waals surface area contributed by atoms with Gasteiger partial charge >= 0.3 is 5.97 Å². The molecule has 1 aliphatic rings. The molecule has 0 bridgehead atoms. The molecule has 128 valence electrons. The van der Waals surface area contributed by atoms with E-state index >= 15 is 0 Å². The Labute approximate surface area is 147 Å². The number of allylic oxidation sites excluding steroid dienone is 1. The number of anilines is 1. The number of fused-ring (bicyclic) bond motifs is 1. The largest absolute Gasteiger partial charge is 0.465 e. The molecule has 25 heavy (non-hydrogen) atoms. The smallest absolute Gasteiger partial charge is 0.337 e. The molecule has 0 radical (unpaired) electrons. The van der Waals surface area contributed by atoms with Gasteiger partial charge in [0, 0.05) is 30.6 Å². The summed E-state index contributed by atoms with van der Waals surface area (Å²) in [5.41, 5.74) is 6.48. The summed E-state index contributed by atoms with van der Waals surface area (Å²) in [5.74, 6) is -0.269. The number of ketones is 1. The number of esters is 1. The van der Waals surface area contributed by atoms with Crippen molar-refractivity contribution in [3.63, 3.8) is 0 Å². The number of nitrogens with one attached hydrogen (secondary N) is 1. The minimum atomic E-state index is -0.385. The summed E-state index contributed by atoms with van der Waals surface area (Å²) in [7, 11) is 1.35. The SMILES string of the molecule is C=C1Cc2cc(CC(=O)Cc3cc(C)cc(C(=O)OC)c3)ccc2N1. The third kappa shape index (κ3) is 3.97. The molecule has 1 heterocycles. The van der Waals surface area contributed by atoms with Gasteiger partial charge < -0.3 is 10.1 Å². The molecular formula is C21H21NO3. The first-order valence-corrected chi connectivity index (χ1v) is 8.22. The second-order valence-corrected chi connectivity index (χ2v) is 6.49. The van der Waals surface area contributed by atoms with Gasteiger partial charge in [-0.2, -0.15) is 0 Å².